The second-order valence-corrected chi connectivity index (χ2v) is 4.80. The molecule has 1 aliphatic heterocycles. The first kappa shape index (κ1) is 15.3. The Bertz CT molecular complexity index is 509. The highest BCUT2D eigenvalue weighted by Crippen LogP contribution is 2.05. The maximum absolute atomic E-state index is 11.8. The monoisotopic (exact) mass is 311 g/mol. The average molecular weight is 311 g/mol. The van der Waals surface area contributed by atoms with Gasteiger partial charge in [-0.05, 0) is 31.3 Å². The minimum absolute atomic E-state index is 0.211. The van der Waals surface area contributed by atoms with E-state index in [1.165, 1.54) is 6.26 Å². The zero-order valence-electron chi connectivity index (χ0n) is 11.7. The lowest BCUT2D eigenvalue weighted by molar-refractivity contribution is 0.0889. The van der Waals surface area contributed by atoms with Crippen molar-refractivity contribution in [1.82, 2.24) is 15.1 Å². The van der Waals surface area contributed by atoms with Crippen molar-refractivity contribution in [2.75, 3.05) is 32.8 Å². The second-order valence-electron chi connectivity index (χ2n) is 4.41. The number of ether oxygens (including phenoxy) is 1. The molecule has 1 aromatic rings. The van der Waals surface area contributed by atoms with Crippen molar-refractivity contribution in [3.05, 3.63) is 24.2 Å². The number of amides is 2. The van der Waals surface area contributed by atoms with Gasteiger partial charge in [0, 0.05) is 26.2 Å². The fourth-order valence-electron chi connectivity index (χ4n) is 1.95. The van der Waals surface area contributed by atoms with Gasteiger partial charge in [0.2, 0.25) is 0 Å². The Hall–Kier alpha value is -2.09. The number of rotatable bonds is 2. The van der Waals surface area contributed by atoms with Crippen LogP contribution in [-0.2, 0) is 4.74 Å². The molecule has 1 N–H and O–H groups in total. The number of nitrogens with zero attached hydrogens (tertiary/aromatic N) is 2. The van der Waals surface area contributed by atoms with Crippen LogP contribution in [0.4, 0.5) is 4.79 Å². The van der Waals surface area contributed by atoms with E-state index in [4.69, 9.17) is 21.4 Å². The highest BCUT2D eigenvalue weighted by atomic mass is 32.1. The third kappa shape index (κ3) is 3.94. The molecule has 8 heteroatoms. The molecule has 0 spiro atoms. The van der Waals surface area contributed by atoms with Crippen molar-refractivity contribution in [2.24, 2.45) is 0 Å². The van der Waals surface area contributed by atoms with Crippen LogP contribution in [0.15, 0.2) is 22.8 Å². The van der Waals surface area contributed by atoms with Crippen LogP contribution in [-0.4, -0.2) is 59.7 Å². The topological polar surface area (TPSA) is 75.0 Å². The van der Waals surface area contributed by atoms with Gasteiger partial charge in [-0.25, -0.2) is 4.79 Å². The maximum atomic E-state index is 11.8. The van der Waals surface area contributed by atoms with Crippen LogP contribution in [0.25, 0.3) is 0 Å². The van der Waals surface area contributed by atoms with Crippen molar-refractivity contribution >= 4 is 29.3 Å². The number of carbonyl (C=O) groups excluding carboxylic acids is 2. The second kappa shape index (κ2) is 7.07. The summed E-state index contributed by atoms with van der Waals surface area (Å²) in [6.07, 6.45) is 1.11. The highest BCUT2D eigenvalue weighted by Gasteiger charge is 2.24. The van der Waals surface area contributed by atoms with Gasteiger partial charge in [0.1, 0.15) is 0 Å². The molecule has 0 radical (unpaired) electrons. The third-order valence-electron chi connectivity index (χ3n) is 3.06. The average Bonchev–Trinajstić information content (AvgIpc) is 3.02. The van der Waals surface area contributed by atoms with Gasteiger partial charge in [-0.1, -0.05) is 0 Å². The fraction of sp³-hybridized carbons (Fsp3) is 0.462. The van der Waals surface area contributed by atoms with E-state index < -0.39 is 0 Å². The molecule has 1 saturated heterocycles. The summed E-state index contributed by atoms with van der Waals surface area (Å²) in [5.74, 6) is -0.166. The van der Waals surface area contributed by atoms with Crippen LogP contribution in [0.2, 0.25) is 0 Å². The SMILES string of the molecule is CCOC(=O)N1CCN(C(=S)NC(=O)c2ccco2)CC1. The van der Waals surface area contributed by atoms with Gasteiger partial charge in [-0.15, -0.1) is 0 Å². The molecule has 21 heavy (non-hydrogen) atoms. The van der Waals surface area contributed by atoms with Crippen molar-refractivity contribution in [3.63, 3.8) is 0 Å². The number of hydrogen-bond donors (Lipinski definition) is 1. The van der Waals surface area contributed by atoms with Crippen LogP contribution in [0.5, 0.6) is 0 Å². The number of furan rings is 1. The predicted octanol–water partition coefficient (Wildman–Crippen LogP) is 1.07. The van der Waals surface area contributed by atoms with E-state index in [0.29, 0.717) is 37.9 Å². The molecule has 0 aromatic carbocycles. The molecule has 2 amide bonds. The number of nitrogens with one attached hydrogen (secondary N) is 1. The smallest absolute Gasteiger partial charge is 0.409 e. The standard InChI is InChI=1S/C13H17N3O4S/c1-2-19-13(18)16-7-5-15(6-8-16)12(21)14-11(17)10-4-3-9-20-10/h3-4,9H,2,5-8H2,1H3,(H,14,17,21). The van der Waals surface area contributed by atoms with E-state index in [9.17, 15) is 9.59 Å². The summed E-state index contributed by atoms with van der Waals surface area (Å²) in [4.78, 5) is 26.9. The first-order valence-electron chi connectivity index (χ1n) is 6.67. The third-order valence-corrected chi connectivity index (χ3v) is 3.42. The van der Waals surface area contributed by atoms with E-state index in [1.54, 1.807) is 24.0 Å². The van der Waals surface area contributed by atoms with Crippen molar-refractivity contribution in [1.29, 1.82) is 0 Å². The Morgan fingerprint density at radius 1 is 1.33 bits per heavy atom. The van der Waals surface area contributed by atoms with Gasteiger partial charge in [0.05, 0.1) is 12.9 Å². The van der Waals surface area contributed by atoms with Gasteiger partial charge < -0.3 is 19.0 Å². The van der Waals surface area contributed by atoms with E-state index >= 15 is 0 Å². The molecule has 7 nitrogen and oxygen atoms in total. The molecule has 2 rings (SSSR count). The summed E-state index contributed by atoms with van der Waals surface area (Å²) in [6.45, 7) is 4.25. The molecule has 0 saturated carbocycles. The van der Waals surface area contributed by atoms with E-state index in [2.05, 4.69) is 5.32 Å². The van der Waals surface area contributed by atoms with E-state index in [0.717, 1.165) is 0 Å². The summed E-state index contributed by atoms with van der Waals surface area (Å²) >= 11 is 5.20. The zero-order valence-corrected chi connectivity index (χ0v) is 12.5. The van der Waals surface area contributed by atoms with Crippen molar-refractivity contribution < 1.29 is 18.7 Å². The van der Waals surface area contributed by atoms with Crippen LogP contribution in [0.1, 0.15) is 17.5 Å². The molecule has 0 atom stereocenters. The van der Waals surface area contributed by atoms with Crippen molar-refractivity contribution in [2.45, 2.75) is 6.92 Å². The van der Waals surface area contributed by atoms with Crippen LogP contribution in [0.3, 0.4) is 0 Å². The summed E-state index contributed by atoms with van der Waals surface area (Å²) in [6, 6.07) is 3.20. The van der Waals surface area contributed by atoms with Crippen LogP contribution >= 0.6 is 12.2 Å². The Balaban J connectivity index is 1.80. The van der Waals surface area contributed by atoms with Crippen LogP contribution in [0, 0.1) is 0 Å². The van der Waals surface area contributed by atoms with Gasteiger partial charge in [-0.2, -0.15) is 0 Å². The number of hydrogen-bond acceptors (Lipinski definition) is 5. The molecule has 0 unspecified atom stereocenters. The Morgan fingerprint density at radius 2 is 2.00 bits per heavy atom. The van der Waals surface area contributed by atoms with Gasteiger partial charge in [-0.3, -0.25) is 10.1 Å². The number of thiocarbonyl (C=S) groups is 1. The lowest BCUT2D eigenvalue weighted by Crippen LogP contribution is -2.53. The largest absolute Gasteiger partial charge is 0.459 e. The van der Waals surface area contributed by atoms with E-state index in [1.807, 2.05) is 4.90 Å². The number of piperazine rings is 1. The maximum Gasteiger partial charge on any atom is 0.409 e. The molecule has 2 heterocycles. The Kier molecular flexibility index (Phi) is 5.15. The van der Waals surface area contributed by atoms with E-state index in [-0.39, 0.29) is 17.8 Å². The zero-order chi connectivity index (χ0) is 15.2. The van der Waals surface area contributed by atoms with Gasteiger partial charge >= 0.3 is 6.09 Å². The highest BCUT2D eigenvalue weighted by molar-refractivity contribution is 7.80. The first-order valence-corrected chi connectivity index (χ1v) is 7.08. The Morgan fingerprint density at radius 3 is 2.57 bits per heavy atom. The molecule has 0 bridgehead atoms. The number of carbonyl (C=O) groups is 2. The molecule has 1 aromatic heterocycles. The lowest BCUT2D eigenvalue weighted by Gasteiger charge is -2.35. The van der Waals surface area contributed by atoms with Gasteiger partial charge in [0.25, 0.3) is 5.91 Å². The molecule has 1 aliphatic rings. The molecular formula is C13H17N3O4S. The Labute approximate surface area is 127 Å². The van der Waals surface area contributed by atoms with Crippen molar-refractivity contribution in [3.8, 4) is 0 Å². The molecule has 1 fully saturated rings. The molecular weight excluding hydrogens is 294 g/mol. The first-order chi connectivity index (χ1) is 10.1. The van der Waals surface area contributed by atoms with Gasteiger partial charge in [0.15, 0.2) is 10.9 Å². The summed E-state index contributed by atoms with van der Waals surface area (Å²) in [5, 5.41) is 2.94. The van der Waals surface area contributed by atoms with Crippen LogP contribution < -0.4 is 5.32 Å². The molecule has 114 valence electrons. The lowest BCUT2D eigenvalue weighted by atomic mass is 10.3. The minimum Gasteiger partial charge on any atom is -0.459 e. The normalized spacial score (nSPS) is 14.7. The summed E-state index contributed by atoms with van der Waals surface area (Å²) in [5.41, 5.74) is 0. The minimum atomic E-state index is -0.377. The fourth-order valence-corrected chi connectivity index (χ4v) is 2.23. The molecule has 0 aliphatic carbocycles. The summed E-state index contributed by atoms with van der Waals surface area (Å²) < 4.78 is 9.94. The quantitative estimate of drug-likeness (QED) is 0.824. The predicted molar refractivity (Wildman–Crippen MR) is 78.9 cm³/mol. The summed E-state index contributed by atoms with van der Waals surface area (Å²) in [7, 11) is 0.